The molecule has 6 heteroatoms. The summed E-state index contributed by atoms with van der Waals surface area (Å²) in [7, 11) is 3.41. The Kier molecular flexibility index (Phi) is 4.37. The SMILES string of the molecule is COc1ccc2c(c1OC)CN1CCc3cc4c(cc3C1C2)OCO4.Cl. The van der Waals surface area contributed by atoms with Gasteiger partial charge in [0.05, 0.1) is 14.2 Å². The average Bonchev–Trinajstić information content (AvgIpc) is 3.11. The Hall–Kier alpha value is -2.11. The van der Waals surface area contributed by atoms with Crippen LogP contribution in [0.25, 0.3) is 0 Å². The summed E-state index contributed by atoms with van der Waals surface area (Å²) >= 11 is 0. The van der Waals surface area contributed by atoms with E-state index in [1.165, 1.54) is 22.3 Å². The van der Waals surface area contributed by atoms with Gasteiger partial charge in [-0.05, 0) is 47.7 Å². The van der Waals surface area contributed by atoms with Crippen LogP contribution >= 0.6 is 12.4 Å². The smallest absolute Gasteiger partial charge is 0.231 e. The minimum atomic E-state index is 0. The van der Waals surface area contributed by atoms with Gasteiger partial charge < -0.3 is 18.9 Å². The van der Waals surface area contributed by atoms with Crippen LogP contribution < -0.4 is 18.9 Å². The first-order valence-electron chi connectivity index (χ1n) is 8.67. The Bertz CT molecular complexity index is 854. The van der Waals surface area contributed by atoms with Gasteiger partial charge in [-0.3, -0.25) is 4.90 Å². The van der Waals surface area contributed by atoms with Crippen LogP contribution in [0.15, 0.2) is 24.3 Å². The maximum Gasteiger partial charge on any atom is 0.231 e. The lowest BCUT2D eigenvalue weighted by atomic mass is 9.83. The maximum atomic E-state index is 5.66. The first-order chi connectivity index (χ1) is 12.3. The van der Waals surface area contributed by atoms with Crippen molar-refractivity contribution in [3.63, 3.8) is 0 Å². The highest BCUT2D eigenvalue weighted by Gasteiger charge is 2.35. The molecule has 5 rings (SSSR count). The fourth-order valence-corrected chi connectivity index (χ4v) is 4.38. The molecule has 0 spiro atoms. The van der Waals surface area contributed by atoms with E-state index in [9.17, 15) is 0 Å². The van der Waals surface area contributed by atoms with Gasteiger partial charge in [-0.25, -0.2) is 0 Å². The Balaban J connectivity index is 0.00000168. The zero-order valence-corrected chi connectivity index (χ0v) is 15.7. The summed E-state index contributed by atoms with van der Waals surface area (Å²) in [5.41, 5.74) is 5.34. The molecule has 3 heterocycles. The fraction of sp³-hybridized carbons (Fsp3) is 0.400. The van der Waals surface area contributed by atoms with Gasteiger partial charge in [0.25, 0.3) is 0 Å². The Morgan fingerprint density at radius 1 is 1.04 bits per heavy atom. The topological polar surface area (TPSA) is 40.2 Å². The molecule has 0 radical (unpaired) electrons. The van der Waals surface area contributed by atoms with Crippen LogP contribution in [0, 0.1) is 0 Å². The Morgan fingerprint density at radius 2 is 1.85 bits per heavy atom. The van der Waals surface area contributed by atoms with E-state index in [2.05, 4.69) is 23.1 Å². The molecule has 138 valence electrons. The predicted octanol–water partition coefficient (Wildman–Crippen LogP) is 3.51. The summed E-state index contributed by atoms with van der Waals surface area (Å²) < 4.78 is 22.3. The number of ether oxygens (including phenoxy) is 4. The number of nitrogens with zero attached hydrogens (tertiary/aromatic N) is 1. The predicted molar refractivity (Wildman–Crippen MR) is 99.9 cm³/mol. The molecule has 0 saturated carbocycles. The van der Waals surface area contributed by atoms with E-state index in [0.717, 1.165) is 48.9 Å². The van der Waals surface area contributed by atoms with Crippen LogP contribution in [0.2, 0.25) is 0 Å². The molecular formula is C20H22ClNO4. The summed E-state index contributed by atoms with van der Waals surface area (Å²) in [5.74, 6) is 3.43. The van der Waals surface area contributed by atoms with E-state index < -0.39 is 0 Å². The van der Waals surface area contributed by atoms with Gasteiger partial charge >= 0.3 is 0 Å². The van der Waals surface area contributed by atoms with Crippen LogP contribution in [0.5, 0.6) is 23.0 Å². The second kappa shape index (κ2) is 6.56. The zero-order chi connectivity index (χ0) is 17.0. The Labute approximate surface area is 159 Å². The van der Waals surface area contributed by atoms with Crippen molar-refractivity contribution in [1.82, 2.24) is 4.90 Å². The molecule has 0 bridgehead atoms. The molecule has 0 amide bonds. The molecule has 0 fully saturated rings. The van der Waals surface area contributed by atoms with Crippen molar-refractivity contribution in [2.24, 2.45) is 0 Å². The fourth-order valence-electron chi connectivity index (χ4n) is 4.38. The van der Waals surface area contributed by atoms with E-state index in [1.807, 2.05) is 6.07 Å². The molecule has 1 atom stereocenters. The van der Waals surface area contributed by atoms with E-state index in [4.69, 9.17) is 18.9 Å². The molecule has 1 unspecified atom stereocenters. The van der Waals surface area contributed by atoms with Crippen molar-refractivity contribution in [2.45, 2.75) is 25.4 Å². The standard InChI is InChI=1S/C20H21NO4.ClH/c1-22-17-4-3-12-7-16-14-9-19-18(24-11-25-19)8-13(14)5-6-21(16)10-15(12)20(17)23-2;/h3-4,8-9,16H,5-7,10-11H2,1-2H3;1H. The van der Waals surface area contributed by atoms with Crippen molar-refractivity contribution in [3.8, 4) is 23.0 Å². The van der Waals surface area contributed by atoms with E-state index in [-0.39, 0.29) is 12.4 Å². The van der Waals surface area contributed by atoms with Crippen LogP contribution in [0.3, 0.4) is 0 Å². The highest BCUT2D eigenvalue weighted by Crippen LogP contribution is 2.46. The van der Waals surface area contributed by atoms with Crippen LogP contribution in [-0.4, -0.2) is 32.5 Å². The van der Waals surface area contributed by atoms with Gasteiger partial charge in [0.2, 0.25) is 6.79 Å². The van der Waals surface area contributed by atoms with Gasteiger partial charge in [0.1, 0.15) is 0 Å². The van der Waals surface area contributed by atoms with Gasteiger partial charge in [-0.1, -0.05) is 6.07 Å². The van der Waals surface area contributed by atoms with Crippen LogP contribution in [0.1, 0.15) is 28.3 Å². The highest BCUT2D eigenvalue weighted by atomic mass is 35.5. The Morgan fingerprint density at radius 3 is 2.62 bits per heavy atom. The lowest BCUT2D eigenvalue weighted by Gasteiger charge is -2.42. The van der Waals surface area contributed by atoms with Crippen LogP contribution in [-0.2, 0) is 19.4 Å². The molecule has 3 aliphatic heterocycles. The minimum absolute atomic E-state index is 0. The van der Waals surface area contributed by atoms with Crippen molar-refractivity contribution >= 4 is 12.4 Å². The first kappa shape index (κ1) is 17.3. The van der Waals surface area contributed by atoms with E-state index >= 15 is 0 Å². The molecule has 0 N–H and O–H groups in total. The van der Waals surface area contributed by atoms with Crippen molar-refractivity contribution in [3.05, 3.63) is 46.5 Å². The molecule has 3 aliphatic rings. The monoisotopic (exact) mass is 375 g/mol. The lowest BCUT2D eigenvalue weighted by molar-refractivity contribution is 0.157. The molecular weight excluding hydrogens is 354 g/mol. The summed E-state index contributed by atoms with van der Waals surface area (Å²) in [5, 5.41) is 0. The summed E-state index contributed by atoms with van der Waals surface area (Å²) in [6.07, 6.45) is 2.01. The molecule has 26 heavy (non-hydrogen) atoms. The number of fused-ring (bicyclic) bond motifs is 5. The number of benzene rings is 2. The first-order valence-corrected chi connectivity index (χ1v) is 8.67. The lowest BCUT2D eigenvalue weighted by Crippen LogP contribution is -2.39. The van der Waals surface area contributed by atoms with E-state index in [0.29, 0.717) is 12.8 Å². The zero-order valence-electron chi connectivity index (χ0n) is 14.9. The summed E-state index contributed by atoms with van der Waals surface area (Å²) in [4.78, 5) is 2.54. The van der Waals surface area contributed by atoms with Crippen molar-refractivity contribution in [1.29, 1.82) is 0 Å². The van der Waals surface area contributed by atoms with Gasteiger partial charge in [-0.15, -0.1) is 12.4 Å². The normalized spacial score (nSPS) is 19.7. The second-order valence-corrected chi connectivity index (χ2v) is 6.78. The number of methoxy groups -OCH3 is 2. The average molecular weight is 376 g/mol. The van der Waals surface area contributed by atoms with Gasteiger partial charge in [0, 0.05) is 24.7 Å². The summed E-state index contributed by atoms with van der Waals surface area (Å²) in [6, 6.07) is 8.91. The number of halogens is 1. The van der Waals surface area contributed by atoms with E-state index in [1.54, 1.807) is 14.2 Å². The van der Waals surface area contributed by atoms with Gasteiger partial charge in [-0.2, -0.15) is 0 Å². The second-order valence-electron chi connectivity index (χ2n) is 6.78. The number of hydrogen-bond donors (Lipinski definition) is 0. The molecule has 0 saturated heterocycles. The maximum absolute atomic E-state index is 5.66. The van der Waals surface area contributed by atoms with Crippen molar-refractivity contribution in [2.75, 3.05) is 27.6 Å². The largest absolute Gasteiger partial charge is 0.493 e. The molecule has 0 aliphatic carbocycles. The van der Waals surface area contributed by atoms with Gasteiger partial charge in [0.15, 0.2) is 23.0 Å². The minimum Gasteiger partial charge on any atom is -0.493 e. The summed E-state index contributed by atoms with van der Waals surface area (Å²) in [6.45, 7) is 2.25. The third-order valence-electron chi connectivity index (χ3n) is 5.62. The molecule has 2 aromatic rings. The quantitative estimate of drug-likeness (QED) is 0.803. The van der Waals surface area contributed by atoms with Crippen molar-refractivity contribution < 1.29 is 18.9 Å². The number of hydrogen-bond acceptors (Lipinski definition) is 5. The molecule has 0 aromatic heterocycles. The third kappa shape index (κ3) is 2.49. The molecule has 2 aromatic carbocycles. The number of rotatable bonds is 2. The van der Waals surface area contributed by atoms with Crippen LogP contribution in [0.4, 0.5) is 0 Å². The third-order valence-corrected chi connectivity index (χ3v) is 5.62. The molecule has 5 nitrogen and oxygen atoms in total. The highest BCUT2D eigenvalue weighted by molar-refractivity contribution is 5.85.